The molecule has 0 spiro atoms. The number of aliphatic carboxylic acids is 5. The standard InChI is InChI=1S/C14H23N3O10.Bi.2H3N/c15-1-2-16-8(3-9(18)19)14(4-10(20)21,5-11(22)23)17(6-12(24)25)7-13(26)27;;;/h8,16H,1-7,15H2,(H,18,19)(H,20,21)(H,22,23)(H,24,25)(H,26,27);;2*1H3/q;+3;;/p-3. The van der Waals surface area contributed by atoms with Crippen molar-refractivity contribution in [2.45, 2.75) is 30.8 Å². The van der Waals surface area contributed by atoms with Gasteiger partial charge in [0, 0.05) is 74.9 Å². The van der Waals surface area contributed by atoms with E-state index in [1.807, 2.05) is 0 Å². The van der Waals surface area contributed by atoms with Gasteiger partial charge in [0.15, 0.2) is 0 Å². The van der Waals surface area contributed by atoms with E-state index in [1.54, 1.807) is 0 Å². The van der Waals surface area contributed by atoms with Crippen LogP contribution < -0.4 is 48.9 Å². The van der Waals surface area contributed by atoms with Crippen LogP contribution in [0.1, 0.15) is 19.3 Å². The van der Waals surface area contributed by atoms with Crippen molar-refractivity contribution in [1.29, 1.82) is 0 Å². The van der Waals surface area contributed by atoms with Gasteiger partial charge in [-0.15, -0.1) is 0 Å². The number of hydrogen-bond donors (Lipinski definition) is 4. The summed E-state index contributed by atoms with van der Waals surface area (Å²) in [6, 6.07) is -1.60. The molecule has 1 unspecified atom stereocenters. The fraction of sp³-hybridized carbons (Fsp3) is 0.643. The molecule has 1 atom stereocenters. The van der Waals surface area contributed by atoms with Crippen LogP contribution in [0.3, 0.4) is 0 Å². The first-order valence-corrected chi connectivity index (χ1v) is 7.62. The number of rotatable bonds is 15. The van der Waals surface area contributed by atoms with E-state index >= 15 is 0 Å². The molecule has 30 heavy (non-hydrogen) atoms. The number of carboxylic acid groups (broad SMARTS) is 5. The first-order chi connectivity index (χ1) is 12.4. The second kappa shape index (κ2) is 16.8. The summed E-state index contributed by atoms with van der Waals surface area (Å²) in [5, 5.41) is 58.1. The van der Waals surface area contributed by atoms with Gasteiger partial charge in [-0.2, -0.15) is 0 Å². The predicted octanol–water partition coefficient (Wildman–Crippen LogP) is -8.76. The van der Waals surface area contributed by atoms with E-state index in [2.05, 4.69) is 5.32 Å². The van der Waals surface area contributed by atoms with Crippen LogP contribution in [0.15, 0.2) is 0 Å². The Morgan fingerprint density at radius 3 is 1.47 bits per heavy atom. The third-order valence-corrected chi connectivity index (χ3v) is 3.73. The van der Waals surface area contributed by atoms with Gasteiger partial charge in [-0.05, 0) is 0 Å². The molecule has 0 aliphatic carbocycles. The van der Waals surface area contributed by atoms with Gasteiger partial charge in [0.05, 0.1) is 11.9 Å². The molecule has 0 aliphatic heterocycles. The average molecular weight is 633 g/mol. The van der Waals surface area contributed by atoms with E-state index in [9.17, 15) is 49.5 Å². The number of nitrogens with zero attached hydrogens (tertiary/aromatic N) is 1. The van der Waals surface area contributed by atoms with Crippen LogP contribution in [0.4, 0.5) is 0 Å². The minimum Gasteiger partial charge on any atom is -0.550 e. The van der Waals surface area contributed by atoms with Crippen LogP contribution >= 0.6 is 0 Å². The van der Waals surface area contributed by atoms with Crippen molar-refractivity contribution in [2.75, 3.05) is 26.2 Å². The number of carbonyl (C=O) groups excluding carboxylic acids is 5. The SMILES string of the molecule is NCCNC(CC(=O)[O-])C(CC(=O)[O-])(CC(=O)[O-])N(CC(=O)[O-])CC(=O)[O-].[Bi+3].[NH4+].[NH4+]. The third kappa shape index (κ3) is 12.6. The normalized spacial score (nSPS) is 11.3. The van der Waals surface area contributed by atoms with Gasteiger partial charge >= 0.3 is 26.2 Å². The molecule has 11 N–H and O–H groups in total. The molecular weight excluding hydrogens is 607 g/mol. The number of carbonyl (C=O) groups is 5. The summed E-state index contributed by atoms with van der Waals surface area (Å²) < 4.78 is 0. The van der Waals surface area contributed by atoms with Crippen molar-refractivity contribution < 1.29 is 49.5 Å². The molecule has 0 fully saturated rings. The molecule has 15 nitrogen and oxygen atoms in total. The van der Waals surface area contributed by atoms with Crippen molar-refractivity contribution in [3.8, 4) is 0 Å². The maximum absolute atomic E-state index is 11.2. The van der Waals surface area contributed by atoms with Crippen LogP contribution in [-0.2, 0) is 24.0 Å². The average Bonchev–Trinajstić information content (AvgIpc) is 2.47. The van der Waals surface area contributed by atoms with E-state index in [0.29, 0.717) is 4.90 Å². The fourth-order valence-electron chi connectivity index (χ4n) is 2.81. The second-order valence-electron chi connectivity index (χ2n) is 5.67. The van der Waals surface area contributed by atoms with Crippen molar-refractivity contribution in [3.05, 3.63) is 0 Å². The summed E-state index contributed by atoms with van der Waals surface area (Å²) in [6.45, 7) is -2.69. The summed E-state index contributed by atoms with van der Waals surface area (Å²) in [5.74, 6) is -9.27. The van der Waals surface area contributed by atoms with Gasteiger partial charge in [-0.1, -0.05) is 0 Å². The van der Waals surface area contributed by atoms with E-state index < -0.39 is 73.8 Å². The van der Waals surface area contributed by atoms with Gasteiger partial charge in [0.2, 0.25) is 0 Å². The molecule has 0 bridgehead atoms. The van der Waals surface area contributed by atoms with Gasteiger partial charge in [-0.25, -0.2) is 0 Å². The van der Waals surface area contributed by atoms with E-state index in [0.717, 1.165) is 0 Å². The van der Waals surface area contributed by atoms with Crippen LogP contribution in [-0.4, -0.2) is 98.7 Å². The van der Waals surface area contributed by atoms with E-state index in [1.165, 1.54) is 0 Å². The molecule has 0 aliphatic rings. The van der Waals surface area contributed by atoms with Crippen LogP contribution in [0.5, 0.6) is 0 Å². The van der Waals surface area contributed by atoms with Gasteiger partial charge in [0.25, 0.3) is 0 Å². The summed E-state index contributed by atoms with van der Waals surface area (Å²) in [4.78, 5) is 56.0. The summed E-state index contributed by atoms with van der Waals surface area (Å²) >= 11 is 0. The minimum atomic E-state index is -2.40. The Bertz CT molecular complexity index is 559. The Balaban J connectivity index is -0.00000113. The van der Waals surface area contributed by atoms with E-state index in [-0.39, 0.29) is 51.6 Å². The van der Waals surface area contributed by atoms with Crippen molar-refractivity contribution in [2.24, 2.45) is 5.73 Å². The van der Waals surface area contributed by atoms with Crippen LogP contribution in [0.25, 0.3) is 0 Å². The van der Waals surface area contributed by atoms with Crippen LogP contribution in [0, 0.1) is 0 Å². The predicted molar refractivity (Wildman–Crippen MR) is 91.8 cm³/mol. The largest absolute Gasteiger partial charge is 3.00 e. The molecule has 0 aromatic carbocycles. The smallest absolute Gasteiger partial charge is 0.550 e. The topological polar surface area (TPSA) is 315 Å². The minimum absolute atomic E-state index is 0. The van der Waals surface area contributed by atoms with Crippen molar-refractivity contribution >= 4 is 56.0 Å². The molecule has 16 heteroatoms. The number of nitrogens with two attached hydrogens (primary N) is 1. The van der Waals surface area contributed by atoms with Crippen molar-refractivity contribution in [3.63, 3.8) is 0 Å². The fourth-order valence-corrected chi connectivity index (χ4v) is 2.81. The molecule has 0 heterocycles. The number of hydrogen-bond acceptors (Lipinski definition) is 13. The molecule has 0 aromatic rings. The zero-order valence-corrected chi connectivity index (χ0v) is 20.1. The Kier molecular flexibility index (Phi) is 19.9. The molecule has 0 aromatic heterocycles. The summed E-state index contributed by atoms with van der Waals surface area (Å²) in [6.07, 6.45) is -3.47. The zero-order chi connectivity index (χ0) is 21.2. The Morgan fingerprint density at radius 2 is 1.20 bits per heavy atom. The second-order valence-corrected chi connectivity index (χ2v) is 5.67. The first kappa shape index (κ1) is 35.5. The molecule has 0 saturated carbocycles. The molecule has 0 rings (SSSR count). The maximum Gasteiger partial charge on any atom is 3.00 e. The first-order valence-electron chi connectivity index (χ1n) is 7.62. The van der Waals surface area contributed by atoms with Crippen molar-refractivity contribution in [1.82, 2.24) is 22.5 Å². The molecule has 2 radical (unpaired) electrons. The Hall–Kier alpha value is -1.97. The summed E-state index contributed by atoms with van der Waals surface area (Å²) in [5.41, 5.74) is 2.89. The molecular formula is C14H26BiN5O10. The molecule has 0 amide bonds. The Labute approximate surface area is 190 Å². The quantitative estimate of drug-likeness (QED) is 0.122. The number of quaternary nitrogens is 2. The van der Waals surface area contributed by atoms with Crippen LogP contribution in [0.2, 0.25) is 0 Å². The number of carboxylic acids is 5. The number of nitrogens with one attached hydrogen (secondary N) is 1. The van der Waals surface area contributed by atoms with Gasteiger partial charge < -0.3 is 72.9 Å². The van der Waals surface area contributed by atoms with Gasteiger partial charge in [0.1, 0.15) is 0 Å². The zero-order valence-electron chi connectivity index (χ0n) is 16.6. The maximum atomic E-state index is 11.2. The molecule has 0 saturated heterocycles. The van der Waals surface area contributed by atoms with Gasteiger partial charge in [-0.3, -0.25) is 4.90 Å². The Morgan fingerprint density at radius 1 is 0.800 bits per heavy atom. The third-order valence-electron chi connectivity index (χ3n) is 3.73. The summed E-state index contributed by atoms with van der Waals surface area (Å²) in [7, 11) is 0. The monoisotopic (exact) mass is 633 g/mol. The van der Waals surface area contributed by atoms with E-state index in [4.69, 9.17) is 5.73 Å². The molecule has 172 valence electrons.